The smallest absolute Gasteiger partial charge is 0.338 e. The van der Waals surface area contributed by atoms with E-state index in [1.807, 2.05) is 30.3 Å². The molecule has 1 atom stereocenters. The van der Waals surface area contributed by atoms with Crippen LogP contribution in [0.2, 0.25) is 0 Å². The summed E-state index contributed by atoms with van der Waals surface area (Å²) in [6.45, 7) is 4.83. The van der Waals surface area contributed by atoms with Crippen molar-refractivity contribution in [1.82, 2.24) is 20.1 Å². The number of esters is 1. The Morgan fingerprint density at radius 3 is 2.57 bits per heavy atom. The molecule has 4 N–H and O–H groups in total. The zero-order chi connectivity index (χ0) is 26.2. The largest absolute Gasteiger partial charge is 0.457 e. The summed E-state index contributed by atoms with van der Waals surface area (Å²) in [5, 5.41) is 14.1. The lowest BCUT2D eigenvalue weighted by Crippen LogP contribution is -2.44. The van der Waals surface area contributed by atoms with Crippen molar-refractivity contribution < 1.29 is 19.1 Å². The number of nitrogens with two attached hydrogens (primary N) is 1. The Balaban J connectivity index is 1.43. The number of likely N-dealkylation sites (tertiary alicyclic amines) is 1. The van der Waals surface area contributed by atoms with Crippen LogP contribution in [0, 0.1) is 0 Å². The minimum atomic E-state index is -0.796. The number of piperidine rings is 1. The first-order chi connectivity index (χ1) is 17.9. The molecule has 2 amide bonds. The number of hydrogen-bond acceptors (Lipinski definition) is 9. The van der Waals surface area contributed by atoms with Crippen molar-refractivity contribution in [1.29, 1.82) is 0 Å². The Hall–Kier alpha value is -4.80. The summed E-state index contributed by atoms with van der Waals surface area (Å²) in [6.07, 6.45) is 2.92. The Kier molecular flexibility index (Phi) is 8.04. The maximum Gasteiger partial charge on any atom is 0.338 e. The third kappa shape index (κ3) is 6.66. The molecule has 0 saturated carbocycles. The van der Waals surface area contributed by atoms with E-state index in [1.165, 1.54) is 6.08 Å². The number of primary amides is 1. The summed E-state index contributed by atoms with van der Waals surface area (Å²) in [5.74, 6) is -1.09. The molecule has 4 rings (SSSR count). The minimum Gasteiger partial charge on any atom is -0.457 e. The van der Waals surface area contributed by atoms with Crippen LogP contribution in [0.15, 0.2) is 67.3 Å². The average Bonchev–Trinajstić information content (AvgIpc) is 2.92. The fourth-order valence-corrected chi connectivity index (χ4v) is 3.88. The van der Waals surface area contributed by atoms with Crippen molar-refractivity contribution in [2.24, 2.45) is 5.73 Å². The van der Waals surface area contributed by atoms with Gasteiger partial charge in [0.25, 0.3) is 5.91 Å². The molecule has 1 fully saturated rings. The van der Waals surface area contributed by atoms with E-state index in [1.54, 1.807) is 29.2 Å². The van der Waals surface area contributed by atoms with E-state index in [0.29, 0.717) is 24.3 Å². The van der Waals surface area contributed by atoms with E-state index >= 15 is 0 Å². The Morgan fingerprint density at radius 2 is 1.86 bits per heavy atom. The van der Waals surface area contributed by atoms with Crippen molar-refractivity contribution in [3.63, 3.8) is 0 Å². The number of anilines is 3. The Bertz CT molecular complexity index is 1280. The molecule has 2 heterocycles. The molecule has 0 bridgehead atoms. The van der Waals surface area contributed by atoms with Crippen molar-refractivity contribution in [3.05, 3.63) is 84.1 Å². The van der Waals surface area contributed by atoms with Gasteiger partial charge in [-0.15, -0.1) is 10.2 Å². The average molecular weight is 502 g/mol. The van der Waals surface area contributed by atoms with Crippen LogP contribution in [0.25, 0.3) is 0 Å². The first-order valence-corrected chi connectivity index (χ1v) is 11.7. The summed E-state index contributed by atoms with van der Waals surface area (Å²) >= 11 is 0. The van der Waals surface area contributed by atoms with Gasteiger partial charge in [-0.25, -0.2) is 4.79 Å². The lowest BCUT2D eigenvalue weighted by atomic mass is 10.1. The molecular formula is C26H27N7O4. The molecule has 1 aromatic heterocycles. The summed E-state index contributed by atoms with van der Waals surface area (Å²) in [6, 6.07) is 15.8. The van der Waals surface area contributed by atoms with Crippen molar-refractivity contribution in [2.45, 2.75) is 25.5 Å². The van der Waals surface area contributed by atoms with Crippen molar-refractivity contribution in [2.75, 3.05) is 23.7 Å². The third-order valence-electron chi connectivity index (χ3n) is 5.76. The van der Waals surface area contributed by atoms with Gasteiger partial charge in [0.1, 0.15) is 6.61 Å². The maximum absolute atomic E-state index is 12.4. The van der Waals surface area contributed by atoms with Crippen LogP contribution in [-0.2, 0) is 16.1 Å². The summed E-state index contributed by atoms with van der Waals surface area (Å²) in [7, 11) is 0. The van der Waals surface area contributed by atoms with Crippen LogP contribution >= 0.6 is 0 Å². The molecule has 190 valence electrons. The number of amides is 2. The molecule has 11 nitrogen and oxygen atoms in total. The van der Waals surface area contributed by atoms with Gasteiger partial charge >= 0.3 is 5.97 Å². The highest BCUT2D eigenvalue weighted by Crippen LogP contribution is 2.21. The first-order valence-electron chi connectivity index (χ1n) is 11.7. The van der Waals surface area contributed by atoms with E-state index < -0.39 is 11.9 Å². The second kappa shape index (κ2) is 11.8. The number of carbonyl (C=O) groups is 3. The molecule has 2 aromatic carbocycles. The maximum atomic E-state index is 12.4. The van der Waals surface area contributed by atoms with Crippen molar-refractivity contribution >= 4 is 35.2 Å². The molecule has 0 spiro atoms. The monoisotopic (exact) mass is 501 g/mol. The summed E-state index contributed by atoms with van der Waals surface area (Å²) in [4.78, 5) is 42.3. The van der Waals surface area contributed by atoms with Crippen LogP contribution in [-0.4, -0.2) is 57.0 Å². The zero-order valence-corrected chi connectivity index (χ0v) is 20.1. The van der Waals surface area contributed by atoms with Crippen LogP contribution in [0.4, 0.5) is 17.5 Å². The fraction of sp³-hybridized carbons (Fsp3) is 0.231. The first kappa shape index (κ1) is 25.3. The quantitative estimate of drug-likeness (QED) is 0.297. The van der Waals surface area contributed by atoms with E-state index in [2.05, 4.69) is 32.4 Å². The number of rotatable bonds is 9. The van der Waals surface area contributed by atoms with Crippen LogP contribution < -0.4 is 16.4 Å². The number of ether oxygens (including phenoxy) is 1. The molecule has 0 radical (unpaired) electrons. The minimum absolute atomic E-state index is 0.0899. The number of benzene rings is 2. The van der Waals surface area contributed by atoms with Gasteiger partial charge in [-0.3, -0.25) is 9.59 Å². The van der Waals surface area contributed by atoms with Crippen LogP contribution in [0.5, 0.6) is 0 Å². The molecule has 37 heavy (non-hydrogen) atoms. The van der Waals surface area contributed by atoms with Gasteiger partial charge in [0.05, 0.1) is 5.56 Å². The normalized spacial score (nSPS) is 14.9. The fourth-order valence-electron chi connectivity index (χ4n) is 3.88. The van der Waals surface area contributed by atoms with E-state index in [0.717, 1.165) is 18.4 Å². The summed E-state index contributed by atoms with van der Waals surface area (Å²) in [5.41, 5.74) is 7.13. The lowest BCUT2D eigenvalue weighted by molar-refractivity contribution is -0.127. The molecular weight excluding hydrogens is 474 g/mol. The molecule has 11 heteroatoms. The second-order valence-electron chi connectivity index (χ2n) is 8.43. The van der Waals surface area contributed by atoms with Gasteiger partial charge in [0, 0.05) is 24.8 Å². The standard InChI is InChI=1S/C26H27N7O4/c1-2-21(34)33-14-6-9-20(15-33)29-26-30-24(22(23(27)35)31-32-26)28-19-12-10-18(11-13-19)25(36)37-16-17-7-4-3-5-8-17/h2-5,7-8,10-13,20H,1,6,9,14-16H2,(H2,27,35)(H2,28,29,30,32)/t20-/m1/s1. The molecule has 1 aliphatic rings. The zero-order valence-electron chi connectivity index (χ0n) is 20.1. The van der Waals surface area contributed by atoms with Crippen LogP contribution in [0.3, 0.4) is 0 Å². The van der Waals surface area contributed by atoms with Gasteiger partial charge in [-0.1, -0.05) is 36.9 Å². The van der Waals surface area contributed by atoms with Crippen LogP contribution in [0.1, 0.15) is 39.3 Å². The number of carbonyl (C=O) groups excluding carboxylic acids is 3. The highest BCUT2D eigenvalue weighted by molar-refractivity contribution is 5.96. The van der Waals surface area contributed by atoms with E-state index in [-0.39, 0.29) is 36.0 Å². The van der Waals surface area contributed by atoms with Gasteiger partial charge < -0.3 is 26.0 Å². The number of nitrogens with zero attached hydrogens (tertiary/aromatic N) is 4. The lowest BCUT2D eigenvalue weighted by Gasteiger charge is -2.32. The molecule has 1 saturated heterocycles. The summed E-state index contributed by atoms with van der Waals surface area (Å²) < 4.78 is 5.35. The van der Waals surface area contributed by atoms with Gasteiger partial charge in [-0.2, -0.15) is 4.98 Å². The molecule has 1 aliphatic heterocycles. The SMILES string of the molecule is C=CC(=O)N1CCC[C@@H](Nc2nnc(C(N)=O)c(Nc3ccc(C(=O)OCc4ccccc4)cc3)n2)C1. The molecule has 3 aromatic rings. The predicted octanol–water partition coefficient (Wildman–Crippen LogP) is 2.66. The second-order valence-corrected chi connectivity index (χ2v) is 8.43. The Morgan fingerprint density at radius 1 is 1.11 bits per heavy atom. The molecule has 0 aliphatic carbocycles. The highest BCUT2D eigenvalue weighted by Gasteiger charge is 2.24. The molecule has 0 unspecified atom stereocenters. The Labute approximate surface area is 213 Å². The van der Waals surface area contributed by atoms with Gasteiger partial charge in [0.15, 0.2) is 11.5 Å². The number of aromatic nitrogens is 3. The van der Waals surface area contributed by atoms with Gasteiger partial charge in [0.2, 0.25) is 11.9 Å². The highest BCUT2D eigenvalue weighted by atomic mass is 16.5. The van der Waals surface area contributed by atoms with E-state index in [9.17, 15) is 14.4 Å². The van der Waals surface area contributed by atoms with Gasteiger partial charge in [-0.05, 0) is 48.7 Å². The number of hydrogen-bond donors (Lipinski definition) is 3. The van der Waals surface area contributed by atoms with E-state index in [4.69, 9.17) is 10.5 Å². The third-order valence-corrected chi connectivity index (χ3v) is 5.76. The predicted molar refractivity (Wildman–Crippen MR) is 137 cm³/mol. The number of nitrogens with one attached hydrogen (secondary N) is 2. The topological polar surface area (TPSA) is 152 Å². The van der Waals surface area contributed by atoms with Crippen molar-refractivity contribution in [3.8, 4) is 0 Å².